The molecule has 0 bridgehead atoms. The summed E-state index contributed by atoms with van der Waals surface area (Å²) in [5, 5.41) is 26.5. The van der Waals surface area contributed by atoms with Crippen molar-refractivity contribution in [1.82, 2.24) is 16.0 Å². The van der Waals surface area contributed by atoms with Crippen molar-refractivity contribution in [2.75, 3.05) is 0 Å². The molecular formula is C24H37N5O7. The van der Waals surface area contributed by atoms with Crippen molar-refractivity contribution in [3.63, 3.8) is 0 Å². The third-order valence-corrected chi connectivity index (χ3v) is 5.79. The lowest BCUT2D eigenvalue weighted by Crippen LogP contribution is -2.60. The van der Waals surface area contributed by atoms with E-state index in [9.17, 15) is 34.2 Å². The summed E-state index contributed by atoms with van der Waals surface area (Å²) in [5.41, 5.74) is 11.6. The average Bonchev–Trinajstić information content (AvgIpc) is 2.83. The van der Waals surface area contributed by atoms with Crippen molar-refractivity contribution in [2.24, 2.45) is 17.4 Å². The Bertz CT molecular complexity index is 909. The fourth-order valence-electron chi connectivity index (χ4n) is 3.35. The number of nitrogens with one attached hydrogen (secondary N) is 3. The number of hydrogen-bond acceptors (Lipinski definition) is 7. The van der Waals surface area contributed by atoms with E-state index in [0.29, 0.717) is 12.0 Å². The molecule has 1 rings (SSSR count). The lowest BCUT2D eigenvalue weighted by molar-refractivity contribution is -0.145. The molecule has 12 nitrogen and oxygen atoms in total. The summed E-state index contributed by atoms with van der Waals surface area (Å²) in [5.74, 6) is -4.52. The van der Waals surface area contributed by atoms with Crippen LogP contribution >= 0.6 is 0 Å². The van der Waals surface area contributed by atoms with Crippen LogP contribution in [0.1, 0.15) is 45.6 Å². The molecule has 6 atom stereocenters. The molecule has 0 fully saturated rings. The van der Waals surface area contributed by atoms with Crippen molar-refractivity contribution >= 4 is 29.6 Å². The zero-order valence-corrected chi connectivity index (χ0v) is 20.8. The van der Waals surface area contributed by atoms with Crippen molar-refractivity contribution in [1.29, 1.82) is 0 Å². The monoisotopic (exact) mass is 507 g/mol. The van der Waals surface area contributed by atoms with Gasteiger partial charge >= 0.3 is 5.97 Å². The predicted molar refractivity (Wildman–Crippen MR) is 131 cm³/mol. The van der Waals surface area contributed by atoms with Gasteiger partial charge in [-0.05, 0) is 24.8 Å². The second-order valence-corrected chi connectivity index (χ2v) is 8.80. The number of primary amides is 1. The molecule has 1 aromatic rings. The maximum atomic E-state index is 13.2. The molecule has 0 aliphatic heterocycles. The summed E-state index contributed by atoms with van der Waals surface area (Å²) in [6.45, 7) is 4.78. The summed E-state index contributed by atoms with van der Waals surface area (Å²) in [4.78, 5) is 61.2. The van der Waals surface area contributed by atoms with Gasteiger partial charge in [-0.25, -0.2) is 4.79 Å². The molecule has 0 saturated heterocycles. The molecule has 200 valence electrons. The Morgan fingerprint density at radius 3 is 2.00 bits per heavy atom. The quantitative estimate of drug-likeness (QED) is 0.152. The van der Waals surface area contributed by atoms with Crippen molar-refractivity contribution in [3.8, 4) is 0 Å². The summed E-state index contributed by atoms with van der Waals surface area (Å²) < 4.78 is 0. The molecule has 12 heteroatoms. The van der Waals surface area contributed by atoms with Gasteiger partial charge in [0.25, 0.3) is 0 Å². The number of carboxylic acids is 1. The van der Waals surface area contributed by atoms with Gasteiger partial charge < -0.3 is 37.6 Å². The lowest BCUT2D eigenvalue weighted by Gasteiger charge is -2.28. The van der Waals surface area contributed by atoms with Gasteiger partial charge in [0.05, 0.1) is 12.1 Å². The molecule has 9 N–H and O–H groups in total. The van der Waals surface area contributed by atoms with Crippen LogP contribution in [0.15, 0.2) is 30.3 Å². The highest BCUT2D eigenvalue weighted by atomic mass is 16.4. The van der Waals surface area contributed by atoms with Gasteiger partial charge in [-0.1, -0.05) is 50.6 Å². The number of rotatable bonds is 15. The van der Waals surface area contributed by atoms with Crippen LogP contribution in [0, 0.1) is 5.92 Å². The maximum absolute atomic E-state index is 13.2. The first-order valence-electron chi connectivity index (χ1n) is 11.8. The van der Waals surface area contributed by atoms with E-state index in [-0.39, 0.29) is 25.2 Å². The molecule has 0 aromatic heterocycles. The van der Waals surface area contributed by atoms with Crippen molar-refractivity contribution in [3.05, 3.63) is 35.9 Å². The van der Waals surface area contributed by atoms with Gasteiger partial charge in [0, 0.05) is 12.8 Å². The van der Waals surface area contributed by atoms with Gasteiger partial charge in [-0.2, -0.15) is 0 Å². The first-order chi connectivity index (χ1) is 16.9. The van der Waals surface area contributed by atoms with Crippen LogP contribution in [0.4, 0.5) is 0 Å². The van der Waals surface area contributed by atoms with E-state index in [1.54, 1.807) is 37.3 Å². The predicted octanol–water partition coefficient (Wildman–Crippen LogP) is -1.21. The minimum absolute atomic E-state index is 0.00493. The number of aliphatic hydroxyl groups is 1. The second kappa shape index (κ2) is 14.8. The van der Waals surface area contributed by atoms with E-state index in [0.717, 1.165) is 0 Å². The Morgan fingerprint density at radius 2 is 1.50 bits per heavy atom. The largest absolute Gasteiger partial charge is 0.480 e. The molecule has 36 heavy (non-hydrogen) atoms. The van der Waals surface area contributed by atoms with Gasteiger partial charge in [-0.15, -0.1) is 0 Å². The Balaban J connectivity index is 3.12. The Hall–Kier alpha value is -3.51. The number of carbonyl (C=O) groups excluding carboxylic acids is 4. The van der Waals surface area contributed by atoms with Crippen LogP contribution in [-0.2, 0) is 30.4 Å². The van der Waals surface area contributed by atoms with Crippen LogP contribution in [0.5, 0.6) is 0 Å². The third kappa shape index (κ3) is 10.0. The second-order valence-electron chi connectivity index (χ2n) is 8.80. The molecule has 4 amide bonds. The smallest absolute Gasteiger partial charge is 0.328 e. The highest BCUT2D eigenvalue weighted by molar-refractivity contribution is 5.94. The summed E-state index contributed by atoms with van der Waals surface area (Å²) in [6, 6.07) is 3.84. The van der Waals surface area contributed by atoms with Crippen LogP contribution < -0.4 is 27.4 Å². The average molecular weight is 508 g/mol. The minimum atomic E-state index is -1.58. The molecule has 0 saturated carbocycles. The highest BCUT2D eigenvalue weighted by Gasteiger charge is 2.33. The fourth-order valence-corrected chi connectivity index (χ4v) is 3.35. The summed E-state index contributed by atoms with van der Waals surface area (Å²) >= 11 is 0. The number of amides is 4. The SMILES string of the molecule is CCC(C)C(NC(=O)C(N)CCC(N)=O)C(=O)NC(Cc1ccccc1)C(=O)NC(C(=O)O)C(C)O. The van der Waals surface area contributed by atoms with E-state index in [1.807, 2.05) is 6.92 Å². The van der Waals surface area contributed by atoms with Gasteiger partial charge in [-0.3, -0.25) is 19.2 Å². The normalized spacial score (nSPS) is 15.9. The number of aliphatic carboxylic acids is 1. The minimum Gasteiger partial charge on any atom is -0.480 e. The molecule has 0 spiro atoms. The van der Waals surface area contributed by atoms with Crippen LogP contribution in [0.2, 0.25) is 0 Å². The Labute approximate surface area is 210 Å². The highest BCUT2D eigenvalue weighted by Crippen LogP contribution is 2.11. The number of nitrogens with two attached hydrogens (primary N) is 2. The van der Waals surface area contributed by atoms with E-state index in [4.69, 9.17) is 11.5 Å². The Morgan fingerprint density at radius 1 is 0.917 bits per heavy atom. The van der Waals surface area contributed by atoms with Crippen molar-refractivity contribution in [2.45, 2.75) is 76.7 Å². The molecule has 0 aliphatic carbocycles. The number of hydrogen-bond donors (Lipinski definition) is 7. The van der Waals surface area contributed by atoms with Gasteiger partial charge in [0.1, 0.15) is 12.1 Å². The molecule has 6 unspecified atom stereocenters. The lowest BCUT2D eigenvalue weighted by atomic mass is 9.96. The van der Waals surface area contributed by atoms with Crippen LogP contribution in [-0.4, -0.2) is 70.1 Å². The van der Waals surface area contributed by atoms with Gasteiger partial charge in [0.15, 0.2) is 6.04 Å². The molecule has 0 aliphatic rings. The standard InChI is InChI=1S/C24H37N5O7/c1-4-13(2)19(28-21(32)16(25)10-11-18(26)31)23(34)27-17(12-15-8-6-5-7-9-15)22(33)29-20(14(3)30)24(35)36/h5-9,13-14,16-17,19-20,30H,4,10-12,25H2,1-3H3,(H2,26,31)(H,27,34)(H,28,32)(H,29,33)(H,35,36). The Kier molecular flexibility index (Phi) is 12.5. The van der Waals surface area contributed by atoms with Crippen LogP contribution in [0.3, 0.4) is 0 Å². The number of aliphatic hydroxyl groups excluding tert-OH is 1. The first-order valence-corrected chi connectivity index (χ1v) is 11.8. The van der Waals surface area contributed by atoms with E-state index in [2.05, 4.69) is 16.0 Å². The van der Waals surface area contributed by atoms with E-state index < -0.39 is 59.9 Å². The fraction of sp³-hybridized carbons (Fsp3) is 0.542. The topological polar surface area (TPSA) is 214 Å². The molecule has 1 aromatic carbocycles. The molecule has 0 radical (unpaired) electrons. The van der Waals surface area contributed by atoms with Crippen LogP contribution in [0.25, 0.3) is 0 Å². The van der Waals surface area contributed by atoms with Gasteiger partial charge in [0.2, 0.25) is 23.6 Å². The number of benzene rings is 1. The summed E-state index contributed by atoms with van der Waals surface area (Å²) in [6.07, 6.45) is -0.932. The molecule has 0 heterocycles. The first kappa shape index (κ1) is 30.5. The zero-order valence-electron chi connectivity index (χ0n) is 20.8. The van der Waals surface area contributed by atoms with Crippen molar-refractivity contribution < 1.29 is 34.2 Å². The zero-order chi connectivity index (χ0) is 27.4. The number of carbonyl (C=O) groups is 5. The summed E-state index contributed by atoms with van der Waals surface area (Å²) in [7, 11) is 0. The number of carboxylic acid groups (broad SMARTS) is 1. The molecular weight excluding hydrogens is 470 g/mol. The van der Waals surface area contributed by atoms with E-state index >= 15 is 0 Å². The maximum Gasteiger partial charge on any atom is 0.328 e. The van der Waals surface area contributed by atoms with E-state index in [1.165, 1.54) is 6.92 Å². The third-order valence-electron chi connectivity index (χ3n) is 5.79.